The Bertz CT molecular complexity index is 606. The van der Waals surface area contributed by atoms with Crippen LogP contribution in [0.2, 0.25) is 0 Å². The van der Waals surface area contributed by atoms with Crippen LogP contribution in [0.25, 0.3) is 0 Å². The molecule has 2 aromatic heterocycles. The lowest BCUT2D eigenvalue weighted by Gasteiger charge is -2.15. The minimum Gasteiger partial charge on any atom is -0.373 e. The first-order chi connectivity index (χ1) is 9.00. The molecule has 1 unspecified atom stereocenters. The minimum atomic E-state index is -0.162. The smallest absolute Gasteiger partial charge is 0.283 e. The molecule has 0 aliphatic carbocycles. The van der Waals surface area contributed by atoms with Gasteiger partial charge in [0.05, 0.1) is 24.0 Å². The maximum Gasteiger partial charge on any atom is 0.283 e. The van der Waals surface area contributed by atoms with Gasteiger partial charge in [-0.1, -0.05) is 0 Å². The lowest BCUT2D eigenvalue weighted by molar-refractivity contribution is 0.500. The monoisotopic (exact) mass is 326 g/mol. The molecular weight excluding hydrogens is 312 g/mol. The summed E-state index contributed by atoms with van der Waals surface area (Å²) in [6.07, 6.45) is 3.07. The van der Waals surface area contributed by atoms with Crippen LogP contribution in [-0.2, 0) is 0 Å². The Hall–Kier alpha value is -1.70. The standard InChI is InChI=1S/C11H15BrN6O/c1-6(2)18-11(19)9(12)8(4-15-18)16-7(3)10-13-5-14-17-10/h4-7,16H,1-3H3,(H,13,14,17). The number of hydrogen-bond donors (Lipinski definition) is 2. The van der Waals surface area contributed by atoms with Crippen LogP contribution >= 0.6 is 15.9 Å². The lowest BCUT2D eigenvalue weighted by atomic mass is 10.3. The Morgan fingerprint density at radius 3 is 2.74 bits per heavy atom. The van der Waals surface area contributed by atoms with E-state index in [1.165, 1.54) is 11.0 Å². The molecule has 2 rings (SSSR count). The summed E-state index contributed by atoms with van der Waals surface area (Å²) in [4.78, 5) is 16.1. The number of aromatic amines is 1. The SMILES string of the molecule is CC(Nc1cnn(C(C)C)c(=O)c1Br)c1ncn[nH]1. The molecule has 1 atom stereocenters. The van der Waals surface area contributed by atoms with Gasteiger partial charge in [-0.15, -0.1) is 0 Å². The number of nitrogens with zero attached hydrogens (tertiary/aromatic N) is 4. The Morgan fingerprint density at radius 2 is 2.16 bits per heavy atom. The highest BCUT2D eigenvalue weighted by atomic mass is 79.9. The average Bonchev–Trinajstić information content (AvgIpc) is 2.88. The minimum absolute atomic E-state index is 0.0181. The third-order valence-corrected chi connectivity index (χ3v) is 3.41. The van der Waals surface area contributed by atoms with Crippen LogP contribution in [-0.4, -0.2) is 25.0 Å². The molecule has 0 saturated heterocycles. The van der Waals surface area contributed by atoms with Crippen LogP contribution in [0.15, 0.2) is 21.8 Å². The molecule has 0 aromatic carbocycles. The van der Waals surface area contributed by atoms with Gasteiger partial charge in [-0.05, 0) is 36.7 Å². The van der Waals surface area contributed by atoms with E-state index in [9.17, 15) is 4.79 Å². The van der Waals surface area contributed by atoms with Crippen molar-refractivity contribution in [1.82, 2.24) is 25.0 Å². The predicted octanol–water partition coefficient (Wildman–Crippen LogP) is 1.88. The first-order valence-electron chi connectivity index (χ1n) is 5.89. The molecular formula is C11H15BrN6O. The molecule has 2 heterocycles. The van der Waals surface area contributed by atoms with Gasteiger partial charge in [0.2, 0.25) is 0 Å². The molecule has 0 aliphatic rings. The summed E-state index contributed by atoms with van der Waals surface area (Å²) >= 11 is 3.31. The Labute approximate surface area is 118 Å². The van der Waals surface area contributed by atoms with Crippen molar-refractivity contribution in [2.24, 2.45) is 0 Å². The second kappa shape index (κ2) is 5.52. The Kier molecular flexibility index (Phi) is 3.98. The molecule has 2 N–H and O–H groups in total. The van der Waals surface area contributed by atoms with Gasteiger partial charge in [0.25, 0.3) is 5.56 Å². The van der Waals surface area contributed by atoms with Crippen LogP contribution in [0, 0.1) is 0 Å². The first kappa shape index (κ1) is 13.7. The number of H-pyrrole nitrogens is 1. The molecule has 19 heavy (non-hydrogen) atoms. The second-order valence-corrected chi connectivity index (χ2v) is 5.25. The fourth-order valence-electron chi connectivity index (χ4n) is 1.64. The molecule has 0 saturated carbocycles. The fraction of sp³-hybridized carbons (Fsp3) is 0.455. The summed E-state index contributed by atoms with van der Waals surface area (Å²) in [5, 5.41) is 13.9. The molecule has 0 radical (unpaired) electrons. The van der Waals surface area contributed by atoms with Crippen LogP contribution in [0.1, 0.15) is 38.7 Å². The zero-order chi connectivity index (χ0) is 14.0. The van der Waals surface area contributed by atoms with E-state index in [-0.39, 0.29) is 17.6 Å². The van der Waals surface area contributed by atoms with E-state index in [2.05, 4.69) is 41.5 Å². The number of hydrogen-bond acceptors (Lipinski definition) is 5. The van der Waals surface area contributed by atoms with E-state index in [0.29, 0.717) is 16.0 Å². The highest BCUT2D eigenvalue weighted by molar-refractivity contribution is 9.10. The quantitative estimate of drug-likeness (QED) is 0.895. The van der Waals surface area contributed by atoms with Gasteiger partial charge in [0.1, 0.15) is 16.6 Å². The van der Waals surface area contributed by atoms with E-state index in [1.54, 1.807) is 6.20 Å². The van der Waals surface area contributed by atoms with Crippen molar-refractivity contribution < 1.29 is 0 Å². The number of rotatable bonds is 4. The summed E-state index contributed by atoms with van der Waals surface area (Å²) in [5.41, 5.74) is 0.468. The third-order valence-electron chi connectivity index (χ3n) is 2.65. The van der Waals surface area contributed by atoms with E-state index >= 15 is 0 Å². The molecule has 0 aliphatic heterocycles. The Morgan fingerprint density at radius 1 is 1.42 bits per heavy atom. The van der Waals surface area contributed by atoms with Gasteiger partial charge >= 0.3 is 0 Å². The average molecular weight is 327 g/mol. The zero-order valence-corrected chi connectivity index (χ0v) is 12.5. The third kappa shape index (κ3) is 2.83. The highest BCUT2D eigenvalue weighted by Gasteiger charge is 2.14. The topological polar surface area (TPSA) is 88.5 Å². The van der Waals surface area contributed by atoms with Crippen LogP contribution in [0.4, 0.5) is 5.69 Å². The van der Waals surface area contributed by atoms with Crippen molar-refractivity contribution >= 4 is 21.6 Å². The molecule has 0 spiro atoms. The van der Waals surface area contributed by atoms with E-state index in [1.807, 2.05) is 20.8 Å². The molecule has 0 bridgehead atoms. The van der Waals surface area contributed by atoms with Gasteiger partial charge in [0.15, 0.2) is 0 Å². The van der Waals surface area contributed by atoms with Crippen molar-refractivity contribution in [3.05, 3.63) is 33.2 Å². The van der Waals surface area contributed by atoms with Crippen molar-refractivity contribution in [2.45, 2.75) is 32.9 Å². The van der Waals surface area contributed by atoms with Gasteiger partial charge < -0.3 is 5.32 Å². The van der Waals surface area contributed by atoms with E-state index in [0.717, 1.165) is 0 Å². The summed E-state index contributed by atoms with van der Waals surface area (Å²) in [5.74, 6) is 0.694. The Balaban J connectivity index is 2.27. The van der Waals surface area contributed by atoms with E-state index in [4.69, 9.17) is 0 Å². The highest BCUT2D eigenvalue weighted by Crippen LogP contribution is 2.21. The zero-order valence-electron chi connectivity index (χ0n) is 10.9. The van der Waals surface area contributed by atoms with Gasteiger partial charge in [-0.25, -0.2) is 9.67 Å². The predicted molar refractivity (Wildman–Crippen MR) is 75.0 cm³/mol. The number of anilines is 1. The summed E-state index contributed by atoms with van der Waals surface area (Å²) in [6, 6.07) is -0.0838. The van der Waals surface area contributed by atoms with Crippen LogP contribution in [0.3, 0.4) is 0 Å². The van der Waals surface area contributed by atoms with Crippen molar-refractivity contribution in [3.63, 3.8) is 0 Å². The van der Waals surface area contributed by atoms with Crippen LogP contribution < -0.4 is 10.9 Å². The normalized spacial score (nSPS) is 12.7. The molecule has 0 amide bonds. The number of halogens is 1. The summed E-state index contributed by atoms with van der Waals surface area (Å²) in [7, 11) is 0. The second-order valence-electron chi connectivity index (χ2n) is 4.45. The van der Waals surface area contributed by atoms with Crippen molar-refractivity contribution in [1.29, 1.82) is 0 Å². The molecule has 2 aromatic rings. The number of aromatic nitrogens is 5. The molecule has 8 heteroatoms. The van der Waals surface area contributed by atoms with E-state index < -0.39 is 0 Å². The van der Waals surface area contributed by atoms with Gasteiger partial charge in [-0.3, -0.25) is 9.89 Å². The van der Waals surface area contributed by atoms with Crippen LogP contribution in [0.5, 0.6) is 0 Å². The van der Waals surface area contributed by atoms with Gasteiger partial charge in [0, 0.05) is 0 Å². The maximum absolute atomic E-state index is 12.1. The summed E-state index contributed by atoms with van der Waals surface area (Å²) < 4.78 is 1.89. The summed E-state index contributed by atoms with van der Waals surface area (Å²) in [6.45, 7) is 5.73. The largest absolute Gasteiger partial charge is 0.373 e. The number of nitrogens with one attached hydrogen (secondary N) is 2. The van der Waals surface area contributed by atoms with Gasteiger partial charge in [-0.2, -0.15) is 10.2 Å². The van der Waals surface area contributed by atoms with Crippen molar-refractivity contribution in [2.75, 3.05) is 5.32 Å². The molecule has 0 fully saturated rings. The lowest BCUT2D eigenvalue weighted by Crippen LogP contribution is -2.26. The van der Waals surface area contributed by atoms with Crippen molar-refractivity contribution in [3.8, 4) is 0 Å². The first-order valence-corrected chi connectivity index (χ1v) is 6.69. The fourth-order valence-corrected chi connectivity index (χ4v) is 2.04. The maximum atomic E-state index is 12.1. The molecule has 102 valence electrons. The molecule has 7 nitrogen and oxygen atoms in total.